The molecule has 3 rings (SSSR count). The number of methoxy groups -OCH3 is 1. The molecule has 2 aromatic rings. The molecule has 5 nitrogen and oxygen atoms in total. The van der Waals surface area contributed by atoms with Crippen molar-refractivity contribution in [3.05, 3.63) is 45.7 Å². The van der Waals surface area contributed by atoms with E-state index in [1.807, 2.05) is 28.9 Å². The van der Waals surface area contributed by atoms with Crippen LogP contribution < -0.4 is 4.74 Å². The van der Waals surface area contributed by atoms with E-state index in [9.17, 15) is 0 Å². The molecule has 0 radical (unpaired) electrons. The lowest BCUT2D eigenvalue weighted by Gasteiger charge is -2.13. The van der Waals surface area contributed by atoms with E-state index in [1.54, 1.807) is 7.11 Å². The smallest absolute Gasteiger partial charge is 0.118 e. The van der Waals surface area contributed by atoms with E-state index in [-0.39, 0.29) is 0 Å². The number of hydrogen-bond donors (Lipinski definition) is 0. The van der Waals surface area contributed by atoms with Crippen LogP contribution in [0, 0.1) is 0 Å². The number of halogens is 1. The minimum Gasteiger partial charge on any atom is -0.497 e. The van der Waals surface area contributed by atoms with Gasteiger partial charge in [0.15, 0.2) is 0 Å². The van der Waals surface area contributed by atoms with Crippen molar-refractivity contribution in [2.24, 2.45) is 0 Å². The average Bonchev–Trinajstić information content (AvgIpc) is 2.85. The number of hydrogen-bond acceptors (Lipinski definition) is 4. The van der Waals surface area contributed by atoms with Gasteiger partial charge in [-0.25, -0.2) is 0 Å². The summed E-state index contributed by atoms with van der Waals surface area (Å²) < 4.78 is 19.3. The molecule has 1 aromatic carbocycles. The summed E-state index contributed by atoms with van der Waals surface area (Å²) in [7, 11) is 1.66. The minimum atomic E-state index is 0.479. The Kier molecular flexibility index (Phi) is 4.57. The summed E-state index contributed by atoms with van der Waals surface area (Å²) in [5, 5.41) is 4.55. The second-order valence-corrected chi connectivity index (χ2v) is 5.62. The third kappa shape index (κ3) is 3.28. The Hall–Kier alpha value is -1.37. The van der Waals surface area contributed by atoms with Gasteiger partial charge < -0.3 is 14.2 Å². The van der Waals surface area contributed by atoms with Gasteiger partial charge in [-0.3, -0.25) is 4.68 Å². The summed E-state index contributed by atoms with van der Waals surface area (Å²) in [6, 6.07) is 7.86. The van der Waals surface area contributed by atoms with Gasteiger partial charge in [-0.1, -0.05) is 12.1 Å². The van der Waals surface area contributed by atoms with Crippen LogP contribution in [0.5, 0.6) is 5.75 Å². The van der Waals surface area contributed by atoms with Crippen molar-refractivity contribution in [1.82, 2.24) is 9.78 Å². The molecule has 0 atom stereocenters. The zero-order valence-corrected chi connectivity index (χ0v) is 13.4. The molecular formula is C15H17BrN2O3. The van der Waals surface area contributed by atoms with Crippen LogP contribution in [0.3, 0.4) is 0 Å². The summed E-state index contributed by atoms with van der Waals surface area (Å²) in [6.07, 6.45) is 0. The highest BCUT2D eigenvalue weighted by molar-refractivity contribution is 9.10. The molecule has 0 amide bonds. The predicted molar refractivity (Wildman–Crippen MR) is 81.1 cm³/mol. The van der Waals surface area contributed by atoms with Crippen molar-refractivity contribution >= 4 is 15.9 Å². The quantitative estimate of drug-likeness (QED) is 0.829. The number of ether oxygens (including phenoxy) is 3. The lowest BCUT2D eigenvalue weighted by Crippen LogP contribution is -2.17. The summed E-state index contributed by atoms with van der Waals surface area (Å²) in [5.41, 5.74) is 3.12. The highest BCUT2D eigenvalue weighted by atomic mass is 79.9. The molecule has 0 fully saturated rings. The summed E-state index contributed by atoms with van der Waals surface area (Å²) >= 11 is 3.58. The molecule has 21 heavy (non-hydrogen) atoms. The topological polar surface area (TPSA) is 45.5 Å². The Morgan fingerprint density at radius 1 is 1.29 bits per heavy atom. The van der Waals surface area contributed by atoms with Crippen LogP contribution in [0.1, 0.15) is 17.0 Å². The molecule has 2 heterocycles. The number of benzene rings is 1. The Morgan fingerprint density at radius 3 is 2.81 bits per heavy atom. The molecule has 6 heteroatoms. The monoisotopic (exact) mass is 352 g/mol. The SMILES string of the molecule is COc1ccc(COCc2nn3c(c2Br)COCC3)cc1. The molecule has 0 spiro atoms. The van der Waals surface area contributed by atoms with Crippen molar-refractivity contribution < 1.29 is 14.2 Å². The van der Waals surface area contributed by atoms with Crippen LogP contribution >= 0.6 is 15.9 Å². The fraction of sp³-hybridized carbons (Fsp3) is 0.400. The van der Waals surface area contributed by atoms with Crippen LogP contribution in [0.25, 0.3) is 0 Å². The number of nitrogens with zero attached hydrogens (tertiary/aromatic N) is 2. The normalized spacial score (nSPS) is 14.0. The van der Waals surface area contributed by atoms with Crippen molar-refractivity contribution in [3.63, 3.8) is 0 Å². The molecule has 112 valence electrons. The largest absolute Gasteiger partial charge is 0.497 e. The maximum absolute atomic E-state index is 5.75. The molecular weight excluding hydrogens is 336 g/mol. The predicted octanol–water partition coefficient (Wildman–Crippen LogP) is 2.90. The summed E-state index contributed by atoms with van der Waals surface area (Å²) in [4.78, 5) is 0. The van der Waals surface area contributed by atoms with E-state index >= 15 is 0 Å². The molecule has 0 saturated carbocycles. The van der Waals surface area contributed by atoms with Crippen molar-refractivity contribution in [2.45, 2.75) is 26.4 Å². The second kappa shape index (κ2) is 6.60. The maximum atomic E-state index is 5.75. The van der Waals surface area contributed by atoms with Gasteiger partial charge >= 0.3 is 0 Å². The van der Waals surface area contributed by atoms with E-state index in [4.69, 9.17) is 14.2 Å². The molecule has 1 aromatic heterocycles. The van der Waals surface area contributed by atoms with E-state index < -0.39 is 0 Å². The molecule has 0 unspecified atom stereocenters. The summed E-state index contributed by atoms with van der Waals surface area (Å²) in [5.74, 6) is 0.850. The molecule has 0 aliphatic carbocycles. The van der Waals surface area contributed by atoms with Crippen molar-refractivity contribution in [2.75, 3.05) is 13.7 Å². The first-order valence-electron chi connectivity index (χ1n) is 6.80. The maximum Gasteiger partial charge on any atom is 0.118 e. The van der Waals surface area contributed by atoms with E-state index in [1.165, 1.54) is 0 Å². The first kappa shape index (κ1) is 14.6. The fourth-order valence-electron chi connectivity index (χ4n) is 2.25. The van der Waals surface area contributed by atoms with Crippen LogP contribution in [0.4, 0.5) is 0 Å². The van der Waals surface area contributed by atoms with Gasteiger partial charge in [-0.05, 0) is 33.6 Å². The first-order chi connectivity index (χ1) is 10.3. The zero-order chi connectivity index (χ0) is 14.7. The van der Waals surface area contributed by atoms with Gasteiger partial charge in [0, 0.05) is 0 Å². The van der Waals surface area contributed by atoms with Gasteiger partial charge in [0.2, 0.25) is 0 Å². The van der Waals surface area contributed by atoms with Crippen LogP contribution in [0.2, 0.25) is 0 Å². The Bertz CT molecular complexity index is 610. The van der Waals surface area contributed by atoms with E-state index in [0.717, 1.165) is 33.7 Å². The third-order valence-electron chi connectivity index (χ3n) is 3.41. The molecule has 1 aliphatic rings. The minimum absolute atomic E-state index is 0.479. The molecule has 0 saturated heterocycles. The number of rotatable bonds is 5. The second-order valence-electron chi connectivity index (χ2n) is 4.82. The third-order valence-corrected chi connectivity index (χ3v) is 4.33. The van der Waals surface area contributed by atoms with Crippen LogP contribution in [-0.2, 0) is 35.8 Å². The molecule has 1 aliphatic heterocycles. The Morgan fingerprint density at radius 2 is 2.10 bits per heavy atom. The van der Waals surface area contributed by atoms with Gasteiger partial charge in [0.1, 0.15) is 11.4 Å². The van der Waals surface area contributed by atoms with Gasteiger partial charge in [0.05, 0.1) is 50.2 Å². The Balaban J connectivity index is 1.58. The Labute approximate surface area is 131 Å². The molecule has 0 N–H and O–H groups in total. The van der Waals surface area contributed by atoms with Crippen LogP contribution in [0.15, 0.2) is 28.7 Å². The van der Waals surface area contributed by atoms with Gasteiger partial charge in [0.25, 0.3) is 0 Å². The highest BCUT2D eigenvalue weighted by Crippen LogP contribution is 2.25. The number of aromatic nitrogens is 2. The average molecular weight is 353 g/mol. The van der Waals surface area contributed by atoms with E-state index in [0.29, 0.717) is 26.4 Å². The standard InChI is InChI=1S/C15H17BrN2O3/c1-19-12-4-2-11(3-5-12)8-21-9-13-15(16)14-10-20-7-6-18(14)17-13/h2-5H,6-10H2,1H3. The van der Waals surface area contributed by atoms with E-state index in [2.05, 4.69) is 21.0 Å². The van der Waals surface area contributed by atoms with Gasteiger partial charge in [-0.2, -0.15) is 5.10 Å². The van der Waals surface area contributed by atoms with Crippen LogP contribution in [-0.4, -0.2) is 23.5 Å². The number of fused-ring (bicyclic) bond motifs is 1. The lowest BCUT2D eigenvalue weighted by atomic mass is 10.2. The van der Waals surface area contributed by atoms with Gasteiger partial charge in [-0.15, -0.1) is 0 Å². The van der Waals surface area contributed by atoms with Crippen molar-refractivity contribution in [1.29, 1.82) is 0 Å². The first-order valence-corrected chi connectivity index (χ1v) is 7.59. The fourth-order valence-corrected chi connectivity index (χ4v) is 2.76. The molecule has 0 bridgehead atoms. The van der Waals surface area contributed by atoms with Crippen molar-refractivity contribution in [3.8, 4) is 5.75 Å². The summed E-state index contributed by atoms with van der Waals surface area (Å²) in [6.45, 7) is 3.15. The lowest BCUT2D eigenvalue weighted by molar-refractivity contribution is 0.0789. The highest BCUT2D eigenvalue weighted by Gasteiger charge is 2.18. The zero-order valence-electron chi connectivity index (χ0n) is 11.8.